The van der Waals surface area contributed by atoms with Crippen molar-refractivity contribution in [2.75, 3.05) is 46.6 Å². The molecule has 31 nitrogen and oxygen atoms in total. The lowest BCUT2D eigenvalue weighted by Crippen LogP contribution is -2.41. The molecule has 1 saturated heterocycles. The van der Waals surface area contributed by atoms with Crippen molar-refractivity contribution in [3.8, 4) is 56.3 Å². The first-order valence-corrected chi connectivity index (χ1v) is 46.5. The van der Waals surface area contributed by atoms with E-state index >= 15 is 0 Å². The van der Waals surface area contributed by atoms with E-state index in [1.807, 2.05) is 154 Å². The Balaban J connectivity index is 0.000000116. The number of aromatic nitrogens is 16. The number of rotatable bonds is 24. The molecule has 22 rings (SSSR count). The highest BCUT2D eigenvalue weighted by atomic mass is 16.5. The minimum atomic E-state index is -0.311. The summed E-state index contributed by atoms with van der Waals surface area (Å²) in [5.74, 6) is -1.26. The number of nitrogens with zero attached hydrogens (tertiary/aromatic N) is 11. The van der Waals surface area contributed by atoms with Crippen molar-refractivity contribution in [2.24, 2.45) is 5.92 Å². The molecule has 704 valence electrons. The molecule has 31 heteroatoms. The molecular formula is C110H100N22O9. The molecule has 1 aliphatic heterocycles. The molecule has 0 bridgehead atoms. The molecule has 6 amide bonds. The maximum absolute atomic E-state index is 12.6. The Labute approximate surface area is 808 Å². The maximum atomic E-state index is 12.6. The minimum absolute atomic E-state index is 0.0423. The largest absolute Gasteiger partial charge is 0.394 e. The normalized spacial score (nSPS) is 12.7. The molecule has 141 heavy (non-hydrogen) atoms. The number of H-pyrrole nitrogens is 5. The van der Waals surface area contributed by atoms with Crippen LogP contribution in [-0.2, 0) is 20.8 Å². The predicted molar refractivity (Wildman–Crippen MR) is 548 cm³/mol. The lowest BCUT2D eigenvalue weighted by molar-refractivity contribution is -0.118. The molecule has 21 aromatic rings. The summed E-state index contributed by atoms with van der Waals surface area (Å²) in [6.45, 7) is 10.0. The van der Waals surface area contributed by atoms with Crippen LogP contribution >= 0.6 is 0 Å². The topological polar surface area (TPSA) is 434 Å². The van der Waals surface area contributed by atoms with E-state index in [9.17, 15) is 33.9 Å². The number of aliphatic hydroxyl groups is 1. The van der Waals surface area contributed by atoms with Gasteiger partial charge in [-0.15, -0.1) is 0 Å². The lowest BCUT2D eigenvalue weighted by Gasteiger charge is -2.19. The van der Waals surface area contributed by atoms with Gasteiger partial charge in [0, 0.05) is 74.3 Å². The predicted octanol–water partition coefficient (Wildman–Crippen LogP) is 17.9. The van der Waals surface area contributed by atoms with Crippen LogP contribution in [0.25, 0.3) is 165 Å². The summed E-state index contributed by atoms with van der Waals surface area (Å²) in [7, 11) is 1.63. The third kappa shape index (κ3) is 22.1. The number of ether oxygens (including phenoxy) is 2. The summed E-state index contributed by atoms with van der Waals surface area (Å²) in [5.41, 5.74) is 18.1. The van der Waals surface area contributed by atoms with Gasteiger partial charge in [-0.1, -0.05) is 209 Å². The van der Waals surface area contributed by atoms with Gasteiger partial charge in [0.2, 0.25) is 5.91 Å². The Hall–Kier alpha value is -17.6. The molecule has 0 aliphatic carbocycles. The SMILES string of the molecule is CC(=O)NCCNC(=O)c1ccc2[nH]nc(-c3ccc4ccccc4c3)c2n1.CC(C)C(CO)NC(=O)c1ccc2[nH]nc(-c3ccc4ccccc4c3)c2n1.CCC(COC)NC(=O)c1ccc2[nH]nc(-c3ccc4ccccc4c3)c2n1.O=C(NCC1CCCO1)c1ccc2[nH]nc(-c3ccc4ccccc4c3)c2n1.O=C(NCc1ccccn1)c1ccc2[nH]nc(-c3ccc4ccccc4c3)c2n1. The summed E-state index contributed by atoms with van der Waals surface area (Å²) in [4.78, 5) is 101. The number of methoxy groups -OCH3 is 1. The Morgan fingerprint density at radius 2 is 0.716 bits per heavy atom. The van der Waals surface area contributed by atoms with E-state index in [4.69, 9.17) is 9.47 Å². The van der Waals surface area contributed by atoms with E-state index in [-0.39, 0.29) is 66.2 Å². The smallest absolute Gasteiger partial charge is 0.270 e. The van der Waals surface area contributed by atoms with Crippen LogP contribution < -0.4 is 31.9 Å². The van der Waals surface area contributed by atoms with Gasteiger partial charge in [0.05, 0.1) is 71.2 Å². The molecule has 1 aliphatic rings. The molecule has 0 radical (unpaired) electrons. The van der Waals surface area contributed by atoms with Crippen LogP contribution in [0.1, 0.15) is 105 Å². The number of aliphatic hydroxyl groups excluding tert-OH is 1. The van der Waals surface area contributed by atoms with Crippen molar-refractivity contribution < 1.29 is 43.3 Å². The number of pyridine rings is 6. The van der Waals surface area contributed by atoms with Crippen LogP contribution in [0.3, 0.4) is 0 Å². The molecule has 0 spiro atoms. The number of fused-ring (bicyclic) bond motifs is 10. The molecule has 3 atom stereocenters. The third-order valence-electron chi connectivity index (χ3n) is 24.3. The van der Waals surface area contributed by atoms with E-state index in [2.05, 4.69) is 228 Å². The zero-order valence-electron chi connectivity index (χ0n) is 77.8. The molecule has 0 saturated carbocycles. The van der Waals surface area contributed by atoms with Gasteiger partial charge >= 0.3 is 0 Å². The van der Waals surface area contributed by atoms with Gasteiger partial charge in [-0.05, 0) is 182 Å². The summed E-state index contributed by atoms with van der Waals surface area (Å²) in [5, 5.41) is 75.0. The Morgan fingerprint density at radius 1 is 0.390 bits per heavy atom. The number of aromatic amines is 5. The second-order valence-corrected chi connectivity index (χ2v) is 34.3. The number of benzene rings is 10. The van der Waals surface area contributed by atoms with Crippen molar-refractivity contribution in [1.82, 2.24) is 113 Å². The maximum Gasteiger partial charge on any atom is 0.270 e. The fourth-order valence-corrected chi connectivity index (χ4v) is 16.6. The van der Waals surface area contributed by atoms with Crippen molar-refractivity contribution in [1.29, 1.82) is 0 Å². The van der Waals surface area contributed by atoms with E-state index < -0.39 is 0 Å². The second kappa shape index (κ2) is 43.6. The van der Waals surface area contributed by atoms with Crippen molar-refractivity contribution >= 4 is 144 Å². The van der Waals surface area contributed by atoms with Gasteiger partial charge < -0.3 is 46.5 Å². The van der Waals surface area contributed by atoms with E-state index in [0.717, 1.165) is 142 Å². The second-order valence-electron chi connectivity index (χ2n) is 34.3. The molecular weight excluding hydrogens is 1770 g/mol. The molecule has 12 N–H and O–H groups in total. The number of amides is 6. The van der Waals surface area contributed by atoms with Crippen molar-refractivity contribution in [2.45, 2.75) is 71.7 Å². The molecule has 1 fully saturated rings. The highest BCUT2D eigenvalue weighted by Gasteiger charge is 2.25. The summed E-state index contributed by atoms with van der Waals surface area (Å²) < 4.78 is 10.7. The molecule has 10 aromatic carbocycles. The van der Waals surface area contributed by atoms with Gasteiger partial charge in [0.25, 0.3) is 29.5 Å². The first kappa shape index (κ1) is 93.8. The zero-order valence-corrected chi connectivity index (χ0v) is 77.8. The molecule has 3 unspecified atom stereocenters. The summed E-state index contributed by atoms with van der Waals surface area (Å²) >= 11 is 0. The fourth-order valence-electron chi connectivity index (χ4n) is 16.6. The number of carbonyl (C=O) groups is 6. The lowest BCUT2D eigenvalue weighted by atomic mass is 10.0. The van der Waals surface area contributed by atoms with Gasteiger partial charge in [0.1, 0.15) is 84.5 Å². The van der Waals surface area contributed by atoms with Crippen molar-refractivity contribution in [3.05, 3.63) is 332 Å². The van der Waals surface area contributed by atoms with E-state index in [1.165, 1.54) is 23.1 Å². The van der Waals surface area contributed by atoms with Crippen LogP contribution in [0.5, 0.6) is 0 Å². The van der Waals surface area contributed by atoms with E-state index in [0.29, 0.717) is 100 Å². The van der Waals surface area contributed by atoms with Crippen LogP contribution in [0.2, 0.25) is 0 Å². The highest BCUT2D eigenvalue weighted by Crippen LogP contribution is 2.35. The van der Waals surface area contributed by atoms with Crippen LogP contribution in [-0.4, -0.2) is 186 Å². The number of carbonyl (C=O) groups excluding carboxylic acids is 6. The third-order valence-corrected chi connectivity index (χ3v) is 24.3. The zero-order chi connectivity index (χ0) is 97.2. The Morgan fingerprint density at radius 3 is 1.03 bits per heavy atom. The van der Waals surface area contributed by atoms with Crippen LogP contribution in [0, 0.1) is 5.92 Å². The van der Waals surface area contributed by atoms with Gasteiger partial charge in [-0.25, -0.2) is 24.9 Å². The number of hydrogen-bond donors (Lipinski definition) is 12. The van der Waals surface area contributed by atoms with Gasteiger partial charge in [-0.2, -0.15) is 25.5 Å². The Bertz CT molecular complexity index is 8150. The minimum Gasteiger partial charge on any atom is -0.394 e. The summed E-state index contributed by atoms with van der Waals surface area (Å²) in [6.07, 6.45) is 4.63. The summed E-state index contributed by atoms with van der Waals surface area (Å²) in [6, 6.07) is 94.4. The standard InChI is InChI=1S/C23H17N5O.C22H20N4O2.2C22H22N4O2.C21H19N5O2/c29-23(25-14-18-7-3-4-12-24-18)20-11-10-19-22(26-20)21(28-27-19)17-9-8-15-5-1-2-6-16(15)13-17;27-22(23-13-17-6-3-11-28-17)19-10-9-18-21(24-19)20(26-25-18)16-8-7-14-4-1-2-5-15(14)12-16;1-13(2)19(12-27)24-22(28)18-10-9-17-21(23-18)20(26-25-17)16-8-7-14-5-3-4-6-15(14)11-16;1-3-17(13-28-2)23-22(27)19-11-10-18-21(24-19)20(26-25-18)16-9-8-14-6-4-5-7-15(14)12-16;1-13(27)22-10-11-23-21(28)18-9-8-17-20(24-18)19(26-25-17)16-7-6-14-4-2-3-5-15(14)12-16/h1-13H,14H2,(H,25,29)(H,27,28);1-2,4-5,7-10,12,17H,3,6,11,13H2,(H,23,27)(H,25,26);3-11,13,19,27H,12H2,1-2H3,(H,24,28)(H,25,26);4-12,17H,3,13H2,1-2H3,(H,23,27)(H,25,26);2-9,12H,10-11H2,1H3,(H,22,27)(H,23,28)(H,25,26). The fraction of sp³-hybridized carbons (Fsp3) is 0.173. The van der Waals surface area contributed by atoms with E-state index in [1.54, 1.807) is 55.8 Å². The number of nitrogens with one attached hydrogen (secondary N) is 11. The molecule has 12 heterocycles. The quantitative estimate of drug-likeness (QED) is 0.0250. The first-order chi connectivity index (χ1) is 68.9. The average molecular weight is 1870 g/mol. The van der Waals surface area contributed by atoms with Gasteiger partial charge in [-0.3, -0.25) is 59.2 Å². The Kier molecular flexibility index (Phi) is 29.0. The average Bonchev–Trinajstić information content (AvgIpc) is 1.67. The molecule has 11 aromatic heterocycles. The highest BCUT2D eigenvalue weighted by molar-refractivity contribution is 6.05. The van der Waals surface area contributed by atoms with Gasteiger partial charge in [0.15, 0.2) is 0 Å². The monoisotopic (exact) mass is 1870 g/mol. The van der Waals surface area contributed by atoms with Crippen LogP contribution in [0.15, 0.2) is 297 Å². The van der Waals surface area contributed by atoms with Crippen LogP contribution in [0.4, 0.5) is 0 Å². The van der Waals surface area contributed by atoms with Crippen molar-refractivity contribution in [3.63, 3.8) is 0 Å². The number of hydrogen-bond acceptors (Lipinski definition) is 20. The first-order valence-electron chi connectivity index (χ1n) is 46.5.